The zero-order chi connectivity index (χ0) is 13.2. The molecule has 0 fully saturated rings. The van der Waals surface area contributed by atoms with Gasteiger partial charge in [-0.3, -0.25) is 0 Å². The minimum absolute atomic E-state index is 0.296. The fourth-order valence-electron chi connectivity index (χ4n) is 2.04. The second-order valence-corrected chi connectivity index (χ2v) is 5.53. The highest BCUT2D eigenvalue weighted by Gasteiger charge is 2.12. The molecule has 3 rings (SSSR count). The minimum atomic E-state index is 0.296. The molecule has 0 atom stereocenters. The van der Waals surface area contributed by atoms with Gasteiger partial charge in [-0.2, -0.15) is 4.98 Å². The third-order valence-corrected chi connectivity index (χ3v) is 3.88. The monoisotopic (exact) mass is 289 g/mol. The Bertz CT molecular complexity index is 696. The molecular formula is C14H12ClN3S. The third kappa shape index (κ3) is 2.55. The number of hydrogen-bond donors (Lipinski definition) is 0. The fraction of sp³-hybridized carbons (Fsp3) is 0.143. The van der Waals surface area contributed by atoms with Crippen LogP contribution in [0.4, 0.5) is 5.82 Å². The first-order chi connectivity index (χ1) is 9.24. The topological polar surface area (TPSA) is 29.0 Å². The molecule has 2 heterocycles. The minimum Gasteiger partial charge on any atom is -0.355 e. The maximum absolute atomic E-state index is 5.99. The van der Waals surface area contributed by atoms with E-state index in [1.165, 1.54) is 5.56 Å². The molecule has 0 radical (unpaired) electrons. The predicted octanol–water partition coefficient (Wildman–Crippen LogP) is 3.98. The predicted molar refractivity (Wildman–Crippen MR) is 81.0 cm³/mol. The third-order valence-electron chi connectivity index (χ3n) is 2.90. The highest BCUT2D eigenvalue weighted by molar-refractivity contribution is 7.16. The molecule has 0 saturated heterocycles. The number of benzene rings is 1. The Balaban J connectivity index is 1.97. The van der Waals surface area contributed by atoms with Gasteiger partial charge in [-0.05, 0) is 28.6 Å². The second kappa shape index (κ2) is 5.15. The summed E-state index contributed by atoms with van der Waals surface area (Å²) in [5, 5.41) is 3.35. The van der Waals surface area contributed by atoms with E-state index in [4.69, 9.17) is 11.6 Å². The van der Waals surface area contributed by atoms with E-state index in [9.17, 15) is 0 Å². The molecule has 0 aliphatic heterocycles. The van der Waals surface area contributed by atoms with Gasteiger partial charge in [-0.1, -0.05) is 30.3 Å². The Kier molecular flexibility index (Phi) is 3.36. The number of hydrogen-bond acceptors (Lipinski definition) is 4. The summed E-state index contributed by atoms with van der Waals surface area (Å²) < 4.78 is 0. The molecule has 2 aromatic heterocycles. The van der Waals surface area contributed by atoms with Crippen molar-refractivity contribution in [3.05, 3.63) is 52.6 Å². The summed E-state index contributed by atoms with van der Waals surface area (Å²) in [5.74, 6) is 0.875. The molecule has 0 aliphatic rings. The lowest BCUT2D eigenvalue weighted by Crippen LogP contribution is -2.18. The maximum Gasteiger partial charge on any atom is 0.225 e. The Morgan fingerprint density at radius 1 is 1.16 bits per heavy atom. The second-order valence-electron chi connectivity index (χ2n) is 4.30. The molecule has 0 aliphatic carbocycles. The van der Waals surface area contributed by atoms with Gasteiger partial charge in [0.1, 0.15) is 10.6 Å². The summed E-state index contributed by atoms with van der Waals surface area (Å²) in [4.78, 5) is 11.6. The van der Waals surface area contributed by atoms with E-state index >= 15 is 0 Å². The fourth-order valence-corrected chi connectivity index (χ4v) is 3.01. The van der Waals surface area contributed by atoms with E-state index in [1.807, 2.05) is 36.7 Å². The number of nitrogens with zero attached hydrogens (tertiary/aromatic N) is 3. The molecule has 0 spiro atoms. The van der Waals surface area contributed by atoms with Gasteiger partial charge in [-0.15, -0.1) is 11.3 Å². The molecule has 3 nitrogen and oxygen atoms in total. The van der Waals surface area contributed by atoms with Crippen molar-refractivity contribution in [2.24, 2.45) is 0 Å². The number of rotatable bonds is 3. The van der Waals surface area contributed by atoms with Crippen LogP contribution >= 0.6 is 22.9 Å². The lowest BCUT2D eigenvalue weighted by Gasteiger charge is -2.19. The van der Waals surface area contributed by atoms with Gasteiger partial charge in [-0.25, -0.2) is 4.98 Å². The van der Waals surface area contributed by atoms with Crippen LogP contribution in [0.2, 0.25) is 5.28 Å². The first-order valence-corrected chi connectivity index (χ1v) is 7.15. The zero-order valence-corrected chi connectivity index (χ0v) is 11.9. The normalized spacial score (nSPS) is 10.8. The average molecular weight is 290 g/mol. The van der Waals surface area contributed by atoms with Crippen LogP contribution in [0.1, 0.15) is 5.56 Å². The largest absolute Gasteiger partial charge is 0.355 e. The van der Waals surface area contributed by atoms with E-state index in [0.29, 0.717) is 5.28 Å². The van der Waals surface area contributed by atoms with Gasteiger partial charge < -0.3 is 4.90 Å². The molecule has 0 unspecified atom stereocenters. The van der Waals surface area contributed by atoms with Gasteiger partial charge in [0.15, 0.2) is 0 Å². The van der Waals surface area contributed by atoms with Crippen molar-refractivity contribution in [2.45, 2.75) is 6.54 Å². The number of fused-ring (bicyclic) bond motifs is 1. The Hall–Kier alpha value is -1.65. The van der Waals surface area contributed by atoms with Gasteiger partial charge >= 0.3 is 0 Å². The van der Waals surface area contributed by atoms with Crippen LogP contribution in [0.15, 0.2) is 41.8 Å². The molecule has 1 aromatic carbocycles. The number of thiophene rings is 1. The first-order valence-electron chi connectivity index (χ1n) is 5.90. The van der Waals surface area contributed by atoms with Crippen LogP contribution in [0.5, 0.6) is 0 Å². The van der Waals surface area contributed by atoms with Gasteiger partial charge in [0, 0.05) is 13.6 Å². The number of halogens is 1. The van der Waals surface area contributed by atoms with Gasteiger partial charge in [0.2, 0.25) is 5.28 Å². The number of anilines is 1. The van der Waals surface area contributed by atoms with E-state index in [2.05, 4.69) is 27.0 Å². The zero-order valence-electron chi connectivity index (χ0n) is 10.4. The quantitative estimate of drug-likeness (QED) is 0.683. The standard InChI is InChI=1S/C14H12ClN3S/c1-18(9-10-5-3-2-4-6-10)12-11-7-8-19-13(11)17-14(15)16-12/h2-8H,9H2,1H3. The van der Waals surface area contributed by atoms with Crippen molar-refractivity contribution in [1.29, 1.82) is 0 Å². The van der Waals surface area contributed by atoms with E-state index in [1.54, 1.807) is 11.3 Å². The summed E-state index contributed by atoms with van der Waals surface area (Å²) in [6, 6.07) is 12.3. The van der Waals surface area contributed by atoms with Crippen molar-refractivity contribution in [3.8, 4) is 0 Å². The Morgan fingerprint density at radius 2 is 1.95 bits per heavy atom. The molecule has 96 valence electrons. The summed E-state index contributed by atoms with van der Waals surface area (Å²) in [5.41, 5.74) is 1.24. The SMILES string of the molecule is CN(Cc1ccccc1)c1nc(Cl)nc2sccc12. The molecule has 5 heteroatoms. The van der Waals surface area contributed by atoms with E-state index < -0.39 is 0 Å². The highest BCUT2D eigenvalue weighted by Crippen LogP contribution is 2.29. The van der Waals surface area contributed by atoms with Crippen molar-refractivity contribution in [1.82, 2.24) is 9.97 Å². The van der Waals surface area contributed by atoms with Crippen molar-refractivity contribution in [2.75, 3.05) is 11.9 Å². The average Bonchev–Trinajstić information content (AvgIpc) is 2.86. The number of aromatic nitrogens is 2. The summed E-state index contributed by atoms with van der Waals surface area (Å²) in [6.07, 6.45) is 0. The van der Waals surface area contributed by atoms with Gasteiger partial charge in [0.25, 0.3) is 0 Å². The summed E-state index contributed by atoms with van der Waals surface area (Å²) in [6.45, 7) is 0.791. The summed E-state index contributed by atoms with van der Waals surface area (Å²) in [7, 11) is 2.02. The van der Waals surface area contributed by atoms with Crippen LogP contribution in [0, 0.1) is 0 Å². The van der Waals surface area contributed by atoms with Crippen LogP contribution in [-0.2, 0) is 6.54 Å². The smallest absolute Gasteiger partial charge is 0.225 e. The Labute approximate surface area is 120 Å². The molecule has 0 amide bonds. The van der Waals surface area contributed by atoms with Gasteiger partial charge in [0.05, 0.1) is 5.39 Å². The molecule has 19 heavy (non-hydrogen) atoms. The Morgan fingerprint density at radius 3 is 2.74 bits per heavy atom. The molecular weight excluding hydrogens is 278 g/mol. The van der Waals surface area contributed by atoms with Crippen LogP contribution in [0.3, 0.4) is 0 Å². The highest BCUT2D eigenvalue weighted by atomic mass is 35.5. The van der Waals surface area contributed by atoms with Crippen molar-refractivity contribution in [3.63, 3.8) is 0 Å². The van der Waals surface area contributed by atoms with Crippen molar-refractivity contribution < 1.29 is 0 Å². The van der Waals surface area contributed by atoms with Crippen LogP contribution < -0.4 is 4.90 Å². The lowest BCUT2D eigenvalue weighted by atomic mass is 10.2. The van der Waals surface area contributed by atoms with E-state index in [-0.39, 0.29) is 0 Å². The molecule has 0 saturated carbocycles. The van der Waals surface area contributed by atoms with E-state index in [0.717, 1.165) is 22.6 Å². The lowest BCUT2D eigenvalue weighted by molar-refractivity contribution is 0.901. The molecule has 3 aromatic rings. The van der Waals surface area contributed by atoms with Crippen LogP contribution in [-0.4, -0.2) is 17.0 Å². The van der Waals surface area contributed by atoms with Crippen molar-refractivity contribution >= 4 is 39.0 Å². The molecule has 0 bridgehead atoms. The first kappa shape index (κ1) is 12.4. The summed E-state index contributed by atoms with van der Waals surface area (Å²) >= 11 is 7.56. The maximum atomic E-state index is 5.99. The molecule has 0 N–H and O–H groups in total. The van der Waals surface area contributed by atoms with Crippen LogP contribution in [0.25, 0.3) is 10.2 Å².